The second-order valence-corrected chi connectivity index (χ2v) is 6.47. The van der Waals surface area contributed by atoms with Gasteiger partial charge >= 0.3 is 0 Å². The third-order valence-electron chi connectivity index (χ3n) is 3.69. The van der Waals surface area contributed by atoms with Gasteiger partial charge in [-0.3, -0.25) is 0 Å². The first-order chi connectivity index (χ1) is 9.93. The summed E-state index contributed by atoms with van der Waals surface area (Å²) < 4.78 is 5.34. The molecule has 0 saturated heterocycles. The van der Waals surface area contributed by atoms with Crippen LogP contribution in [-0.2, 0) is 11.2 Å². The third kappa shape index (κ3) is 10.4. The molecule has 1 radical (unpaired) electrons. The molecule has 0 fully saturated rings. The van der Waals surface area contributed by atoms with Crippen LogP contribution in [0.15, 0.2) is 12.1 Å². The molecular formula is C18H31OS. The molecule has 0 spiro atoms. The standard InChI is InChI=1S/C18H31OS/c1-2-19-16-12-10-8-6-4-3-5-7-9-11-14-18-15-13-17-20-18/h13,15H,2-12,14,16H2,1H3. The third-order valence-corrected chi connectivity index (χ3v) is 4.55. The van der Waals surface area contributed by atoms with Crippen LogP contribution in [0.2, 0.25) is 0 Å². The Labute approximate surface area is 129 Å². The quantitative estimate of drug-likeness (QED) is 0.381. The van der Waals surface area contributed by atoms with Gasteiger partial charge in [-0.05, 0) is 38.3 Å². The molecule has 0 saturated carbocycles. The average molecular weight is 296 g/mol. The van der Waals surface area contributed by atoms with Gasteiger partial charge in [0.2, 0.25) is 0 Å². The van der Waals surface area contributed by atoms with E-state index in [-0.39, 0.29) is 0 Å². The second-order valence-electron chi connectivity index (χ2n) is 5.50. The fourth-order valence-electron chi connectivity index (χ4n) is 2.47. The molecule has 0 N–H and O–H groups in total. The summed E-state index contributed by atoms with van der Waals surface area (Å²) in [5, 5.41) is 3.16. The Morgan fingerprint density at radius 1 is 0.900 bits per heavy atom. The molecule has 1 rings (SSSR count). The molecule has 0 aliphatic rings. The van der Waals surface area contributed by atoms with Crippen LogP contribution in [0, 0.1) is 5.38 Å². The minimum absolute atomic E-state index is 0.866. The lowest BCUT2D eigenvalue weighted by molar-refractivity contribution is 0.143. The molecule has 0 amide bonds. The Balaban J connectivity index is 1.70. The molecule has 0 aliphatic heterocycles. The zero-order valence-electron chi connectivity index (χ0n) is 13.2. The molecule has 115 valence electrons. The lowest BCUT2D eigenvalue weighted by Crippen LogP contribution is -1.92. The van der Waals surface area contributed by atoms with Crippen LogP contribution in [0.25, 0.3) is 0 Å². The Morgan fingerprint density at radius 3 is 2.05 bits per heavy atom. The van der Waals surface area contributed by atoms with E-state index in [9.17, 15) is 0 Å². The second kappa shape index (κ2) is 13.6. The van der Waals surface area contributed by atoms with Crippen LogP contribution in [-0.4, -0.2) is 13.2 Å². The SMILES string of the molecule is CCOCCCCCCCCCCCCc1cc[c]s1. The Morgan fingerprint density at radius 2 is 1.50 bits per heavy atom. The summed E-state index contributed by atoms with van der Waals surface area (Å²) >= 11 is 1.77. The summed E-state index contributed by atoms with van der Waals surface area (Å²) in [6, 6.07) is 4.24. The van der Waals surface area contributed by atoms with E-state index in [0.29, 0.717) is 0 Å². The molecule has 0 bridgehead atoms. The maximum atomic E-state index is 5.34. The van der Waals surface area contributed by atoms with E-state index in [2.05, 4.69) is 18.4 Å². The van der Waals surface area contributed by atoms with Crippen molar-refractivity contribution in [2.24, 2.45) is 0 Å². The number of hydrogen-bond acceptors (Lipinski definition) is 2. The van der Waals surface area contributed by atoms with Crippen molar-refractivity contribution in [2.75, 3.05) is 13.2 Å². The van der Waals surface area contributed by atoms with Crippen molar-refractivity contribution in [1.82, 2.24) is 0 Å². The Bertz CT molecular complexity index is 282. The van der Waals surface area contributed by atoms with E-state index >= 15 is 0 Å². The largest absolute Gasteiger partial charge is 0.382 e. The van der Waals surface area contributed by atoms with Gasteiger partial charge in [-0.15, -0.1) is 11.3 Å². The minimum Gasteiger partial charge on any atom is -0.382 e. The van der Waals surface area contributed by atoms with Gasteiger partial charge in [-0.1, -0.05) is 51.4 Å². The maximum absolute atomic E-state index is 5.34. The van der Waals surface area contributed by atoms with Crippen LogP contribution < -0.4 is 0 Å². The van der Waals surface area contributed by atoms with Crippen molar-refractivity contribution in [1.29, 1.82) is 0 Å². The van der Waals surface area contributed by atoms with Crippen molar-refractivity contribution >= 4 is 11.3 Å². The molecule has 1 heterocycles. The molecule has 20 heavy (non-hydrogen) atoms. The molecule has 0 aromatic carbocycles. The number of thiophene rings is 1. The number of unbranched alkanes of at least 4 members (excludes halogenated alkanes) is 9. The van der Waals surface area contributed by atoms with E-state index in [1.807, 2.05) is 6.07 Å². The highest BCUT2D eigenvalue weighted by atomic mass is 32.1. The zero-order chi connectivity index (χ0) is 14.3. The van der Waals surface area contributed by atoms with E-state index < -0.39 is 0 Å². The highest BCUT2D eigenvalue weighted by molar-refractivity contribution is 7.09. The molecule has 0 unspecified atom stereocenters. The molecule has 1 nitrogen and oxygen atoms in total. The molecule has 0 aliphatic carbocycles. The summed E-state index contributed by atoms with van der Waals surface area (Å²) in [4.78, 5) is 1.50. The summed E-state index contributed by atoms with van der Waals surface area (Å²) in [5.74, 6) is 0. The molecule has 2 heteroatoms. The fourth-order valence-corrected chi connectivity index (χ4v) is 3.14. The summed E-state index contributed by atoms with van der Waals surface area (Å²) in [7, 11) is 0. The molecule has 0 atom stereocenters. The zero-order valence-corrected chi connectivity index (χ0v) is 14.0. The van der Waals surface area contributed by atoms with Crippen LogP contribution in [0.5, 0.6) is 0 Å². The van der Waals surface area contributed by atoms with Gasteiger partial charge < -0.3 is 4.74 Å². The number of aryl methyl sites for hydroxylation is 1. The topological polar surface area (TPSA) is 9.23 Å². The summed E-state index contributed by atoms with van der Waals surface area (Å²) in [6.45, 7) is 3.89. The number of ether oxygens (including phenoxy) is 1. The van der Waals surface area contributed by atoms with Gasteiger partial charge in [-0.2, -0.15) is 0 Å². The predicted octanol–water partition coefficient (Wildman–Crippen LogP) is 6.03. The first kappa shape index (κ1) is 17.7. The van der Waals surface area contributed by atoms with Crippen LogP contribution in [0.3, 0.4) is 0 Å². The lowest BCUT2D eigenvalue weighted by Gasteiger charge is -2.03. The van der Waals surface area contributed by atoms with Crippen LogP contribution in [0.4, 0.5) is 0 Å². The minimum atomic E-state index is 0.866. The summed E-state index contributed by atoms with van der Waals surface area (Å²) in [5.41, 5.74) is 0. The lowest BCUT2D eigenvalue weighted by atomic mass is 10.1. The van der Waals surface area contributed by atoms with E-state index in [0.717, 1.165) is 13.2 Å². The van der Waals surface area contributed by atoms with Crippen LogP contribution >= 0.6 is 11.3 Å². The van der Waals surface area contributed by atoms with Gasteiger partial charge in [0.1, 0.15) is 0 Å². The van der Waals surface area contributed by atoms with E-state index in [1.165, 1.54) is 75.5 Å². The fraction of sp³-hybridized carbons (Fsp3) is 0.778. The Kier molecular flexibility index (Phi) is 12.1. The monoisotopic (exact) mass is 295 g/mol. The van der Waals surface area contributed by atoms with Crippen molar-refractivity contribution in [2.45, 2.75) is 77.6 Å². The summed E-state index contributed by atoms with van der Waals surface area (Å²) in [6.07, 6.45) is 15.1. The highest BCUT2D eigenvalue weighted by Gasteiger charge is 1.95. The molecular weight excluding hydrogens is 264 g/mol. The van der Waals surface area contributed by atoms with Gasteiger partial charge in [0.05, 0.1) is 0 Å². The van der Waals surface area contributed by atoms with Gasteiger partial charge in [-0.25, -0.2) is 0 Å². The average Bonchev–Trinajstić information content (AvgIpc) is 2.97. The molecule has 1 aromatic heterocycles. The van der Waals surface area contributed by atoms with Crippen molar-refractivity contribution < 1.29 is 4.74 Å². The van der Waals surface area contributed by atoms with Crippen molar-refractivity contribution in [3.8, 4) is 0 Å². The highest BCUT2D eigenvalue weighted by Crippen LogP contribution is 2.14. The predicted molar refractivity (Wildman–Crippen MR) is 89.5 cm³/mol. The van der Waals surface area contributed by atoms with Gasteiger partial charge in [0.15, 0.2) is 0 Å². The smallest absolute Gasteiger partial charge is 0.0465 e. The number of hydrogen-bond donors (Lipinski definition) is 0. The Hall–Kier alpha value is -0.340. The van der Waals surface area contributed by atoms with E-state index in [4.69, 9.17) is 4.74 Å². The van der Waals surface area contributed by atoms with Gasteiger partial charge in [0.25, 0.3) is 0 Å². The van der Waals surface area contributed by atoms with E-state index in [1.54, 1.807) is 11.3 Å². The first-order valence-corrected chi connectivity index (χ1v) is 9.27. The van der Waals surface area contributed by atoms with Crippen molar-refractivity contribution in [3.05, 3.63) is 22.4 Å². The number of rotatable bonds is 14. The van der Waals surface area contributed by atoms with Crippen LogP contribution in [0.1, 0.15) is 76.0 Å². The van der Waals surface area contributed by atoms with Gasteiger partial charge in [0, 0.05) is 23.5 Å². The first-order valence-electron chi connectivity index (χ1n) is 8.46. The molecule has 1 aromatic rings. The van der Waals surface area contributed by atoms with Crippen molar-refractivity contribution in [3.63, 3.8) is 0 Å². The normalized spacial score (nSPS) is 11.1. The maximum Gasteiger partial charge on any atom is 0.0465 e.